The highest BCUT2D eigenvalue weighted by atomic mass is 79.9. The van der Waals surface area contributed by atoms with Crippen LogP contribution in [0.25, 0.3) is 11.3 Å². The predicted molar refractivity (Wildman–Crippen MR) is 76.3 cm³/mol. The van der Waals surface area contributed by atoms with Crippen molar-refractivity contribution in [1.29, 1.82) is 0 Å². The fourth-order valence-electron chi connectivity index (χ4n) is 1.50. The van der Waals surface area contributed by atoms with Crippen molar-refractivity contribution in [3.63, 3.8) is 0 Å². The van der Waals surface area contributed by atoms with E-state index in [1.54, 1.807) is 6.07 Å². The SMILES string of the molecule is NS(=O)(=O)c1cc(Br)c(-c2ccc(C=O)o2)c(Br)c1. The molecule has 0 aliphatic rings. The van der Waals surface area contributed by atoms with Crippen LogP contribution in [0.2, 0.25) is 0 Å². The van der Waals surface area contributed by atoms with Crippen molar-refractivity contribution >= 4 is 48.2 Å². The molecule has 0 saturated heterocycles. The summed E-state index contributed by atoms with van der Waals surface area (Å²) in [5.41, 5.74) is 0.598. The van der Waals surface area contributed by atoms with Gasteiger partial charge < -0.3 is 4.42 Å². The molecule has 0 bridgehead atoms. The Hall–Kier alpha value is -0.960. The van der Waals surface area contributed by atoms with Gasteiger partial charge in [0.25, 0.3) is 0 Å². The third kappa shape index (κ3) is 2.97. The van der Waals surface area contributed by atoms with Crippen LogP contribution < -0.4 is 5.14 Å². The molecule has 2 N–H and O–H groups in total. The van der Waals surface area contributed by atoms with Crippen molar-refractivity contribution in [2.24, 2.45) is 5.14 Å². The summed E-state index contributed by atoms with van der Waals surface area (Å²) in [4.78, 5) is 10.6. The molecular formula is C11H7Br2NO4S. The predicted octanol–water partition coefficient (Wildman–Crippen LogP) is 2.93. The lowest BCUT2D eigenvalue weighted by molar-refractivity contribution is 0.110. The summed E-state index contributed by atoms with van der Waals surface area (Å²) in [6, 6.07) is 5.89. The first-order valence-electron chi connectivity index (χ1n) is 4.90. The number of rotatable bonds is 3. The second-order valence-corrected chi connectivity index (χ2v) is 6.90. The third-order valence-electron chi connectivity index (χ3n) is 2.33. The van der Waals surface area contributed by atoms with Gasteiger partial charge in [-0.3, -0.25) is 4.79 Å². The first-order chi connectivity index (χ1) is 8.82. The number of sulfonamides is 1. The van der Waals surface area contributed by atoms with Gasteiger partial charge in [0.2, 0.25) is 10.0 Å². The Morgan fingerprint density at radius 2 is 1.74 bits per heavy atom. The zero-order valence-electron chi connectivity index (χ0n) is 9.26. The molecule has 0 aliphatic carbocycles. The van der Waals surface area contributed by atoms with E-state index in [0.717, 1.165) is 0 Å². The maximum absolute atomic E-state index is 11.3. The van der Waals surface area contributed by atoms with Crippen LogP contribution in [0, 0.1) is 0 Å². The summed E-state index contributed by atoms with van der Waals surface area (Å²) in [7, 11) is -3.79. The van der Waals surface area contributed by atoms with Crippen LogP contribution in [0.4, 0.5) is 0 Å². The summed E-state index contributed by atoms with van der Waals surface area (Å²) in [6.07, 6.45) is 0.587. The highest BCUT2D eigenvalue weighted by molar-refractivity contribution is 9.11. The van der Waals surface area contributed by atoms with Crippen molar-refractivity contribution in [3.8, 4) is 11.3 Å². The van der Waals surface area contributed by atoms with Crippen LogP contribution in [-0.4, -0.2) is 14.7 Å². The van der Waals surface area contributed by atoms with Crippen molar-refractivity contribution in [1.82, 2.24) is 0 Å². The van der Waals surface area contributed by atoms with Gasteiger partial charge in [0.15, 0.2) is 12.0 Å². The van der Waals surface area contributed by atoms with E-state index in [2.05, 4.69) is 31.9 Å². The molecule has 1 aromatic heterocycles. The smallest absolute Gasteiger partial charge is 0.238 e. The molecule has 0 amide bonds. The highest BCUT2D eigenvalue weighted by Crippen LogP contribution is 2.37. The number of carbonyl (C=O) groups is 1. The van der Waals surface area contributed by atoms with Crippen LogP contribution in [-0.2, 0) is 10.0 Å². The molecule has 0 unspecified atom stereocenters. The topological polar surface area (TPSA) is 90.4 Å². The monoisotopic (exact) mass is 407 g/mol. The highest BCUT2D eigenvalue weighted by Gasteiger charge is 2.17. The van der Waals surface area contributed by atoms with Crippen molar-refractivity contribution < 1.29 is 17.6 Å². The van der Waals surface area contributed by atoms with E-state index >= 15 is 0 Å². The maximum atomic E-state index is 11.3. The molecule has 5 nitrogen and oxygen atoms in total. The van der Waals surface area contributed by atoms with Gasteiger partial charge in [-0.2, -0.15) is 0 Å². The van der Waals surface area contributed by atoms with Gasteiger partial charge in [-0.25, -0.2) is 13.6 Å². The number of hydrogen-bond acceptors (Lipinski definition) is 4. The average Bonchev–Trinajstić information content (AvgIpc) is 2.75. The van der Waals surface area contributed by atoms with E-state index in [0.29, 0.717) is 26.6 Å². The minimum atomic E-state index is -3.79. The van der Waals surface area contributed by atoms with Gasteiger partial charge >= 0.3 is 0 Å². The molecular weight excluding hydrogens is 402 g/mol. The number of primary sulfonamides is 1. The van der Waals surface area contributed by atoms with Gasteiger partial charge in [-0.15, -0.1) is 0 Å². The zero-order valence-corrected chi connectivity index (χ0v) is 13.2. The summed E-state index contributed by atoms with van der Waals surface area (Å²) in [5.74, 6) is 0.617. The first-order valence-corrected chi connectivity index (χ1v) is 8.03. The molecule has 0 spiro atoms. The Kier molecular flexibility index (Phi) is 3.95. The van der Waals surface area contributed by atoms with Crippen LogP contribution in [0.3, 0.4) is 0 Å². The first kappa shape index (κ1) is 14.4. The molecule has 0 saturated carbocycles. The van der Waals surface area contributed by atoms with E-state index in [4.69, 9.17) is 9.56 Å². The molecule has 8 heteroatoms. The molecule has 2 rings (SSSR count). The van der Waals surface area contributed by atoms with Crippen LogP contribution in [0.5, 0.6) is 0 Å². The number of halogens is 2. The Balaban J connectivity index is 2.63. The third-order valence-corrected chi connectivity index (χ3v) is 4.48. The van der Waals surface area contributed by atoms with Gasteiger partial charge in [0.1, 0.15) is 5.76 Å². The molecule has 1 aromatic carbocycles. The molecule has 0 aliphatic heterocycles. The lowest BCUT2D eigenvalue weighted by atomic mass is 10.2. The minimum absolute atomic E-state index is 0.0304. The van der Waals surface area contributed by atoms with E-state index in [1.807, 2.05) is 0 Å². The van der Waals surface area contributed by atoms with Gasteiger partial charge in [-0.05, 0) is 56.1 Å². The molecule has 0 radical (unpaired) electrons. The Morgan fingerprint density at radius 3 is 2.16 bits per heavy atom. The van der Waals surface area contributed by atoms with E-state index in [1.165, 1.54) is 18.2 Å². The van der Waals surface area contributed by atoms with Gasteiger partial charge in [-0.1, -0.05) is 0 Å². The van der Waals surface area contributed by atoms with Crippen molar-refractivity contribution in [2.75, 3.05) is 0 Å². The second kappa shape index (κ2) is 5.20. The molecule has 2 aromatic rings. The number of furan rings is 1. The maximum Gasteiger partial charge on any atom is 0.238 e. The quantitative estimate of drug-likeness (QED) is 0.790. The average molecular weight is 409 g/mol. The summed E-state index contributed by atoms with van der Waals surface area (Å²) in [6.45, 7) is 0. The number of nitrogens with two attached hydrogens (primary N) is 1. The molecule has 0 fully saturated rings. The zero-order chi connectivity index (χ0) is 14.2. The largest absolute Gasteiger partial charge is 0.453 e. The number of carbonyl (C=O) groups excluding carboxylic acids is 1. The van der Waals surface area contributed by atoms with E-state index in [-0.39, 0.29) is 10.7 Å². The minimum Gasteiger partial charge on any atom is -0.453 e. The van der Waals surface area contributed by atoms with E-state index < -0.39 is 10.0 Å². The molecule has 19 heavy (non-hydrogen) atoms. The number of aldehydes is 1. The Bertz CT molecular complexity index is 729. The van der Waals surface area contributed by atoms with Gasteiger partial charge in [0.05, 0.1) is 4.90 Å². The normalized spacial score (nSPS) is 11.5. The van der Waals surface area contributed by atoms with Crippen LogP contribution in [0.1, 0.15) is 10.6 Å². The fraction of sp³-hybridized carbons (Fsp3) is 0. The second-order valence-electron chi connectivity index (χ2n) is 3.63. The lowest BCUT2D eigenvalue weighted by Gasteiger charge is -2.07. The molecule has 100 valence electrons. The van der Waals surface area contributed by atoms with Crippen LogP contribution >= 0.6 is 31.9 Å². The summed E-state index contributed by atoms with van der Waals surface area (Å²) in [5, 5.41) is 5.07. The summed E-state index contributed by atoms with van der Waals surface area (Å²) < 4.78 is 28.9. The Morgan fingerprint density at radius 1 is 1.16 bits per heavy atom. The molecule has 1 heterocycles. The molecule has 0 atom stereocenters. The summed E-state index contributed by atoms with van der Waals surface area (Å²) >= 11 is 6.52. The standard InChI is InChI=1S/C11H7Br2NO4S/c12-8-3-7(19(14,16)17)4-9(13)11(8)10-2-1-6(5-15)18-10/h1-5H,(H2,14,16,17). The number of benzene rings is 1. The Labute approximate surface area is 126 Å². The van der Waals surface area contributed by atoms with Crippen molar-refractivity contribution in [3.05, 3.63) is 39.0 Å². The van der Waals surface area contributed by atoms with Crippen molar-refractivity contribution in [2.45, 2.75) is 4.90 Å². The lowest BCUT2D eigenvalue weighted by Crippen LogP contribution is -2.12. The number of hydrogen-bond donors (Lipinski definition) is 1. The van der Waals surface area contributed by atoms with Gasteiger partial charge in [0, 0.05) is 14.5 Å². The van der Waals surface area contributed by atoms with Crippen LogP contribution in [0.15, 0.2) is 42.5 Å². The fourth-order valence-corrected chi connectivity index (χ4v) is 3.94. The van der Waals surface area contributed by atoms with E-state index in [9.17, 15) is 13.2 Å².